The topological polar surface area (TPSA) is 84.5 Å². The lowest BCUT2D eigenvalue weighted by atomic mass is 10.3. The molecule has 0 aromatic heterocycles. The quantitative estimate of drug-likeness (QED) is 0.797. The van der Waals surface area contributed by atoms with Crippen molar-refractivity contribution in [2.75, 3.05) is 13.7 Å². The van der Waals surface area contributed by atoms with E-state index < -0.39 is 16.1 Å². The number of hydrogen-bond donors (Lipinski definition) is 2. The molecule has 2 N–H and O–H groups in total. The van der Waals surface area contributed by atoms with Crippen LogP contribution in [0.25, 0.3) is 0 Å². The molecule has 6 nitrogen and oxygen atoms in total. The Balaban J connectivity index is 2.17. The summed E-state index contributed by atoms with van der Waals surface area (Å²) >= 11 is 0. The number of carbonyl (C=O) groups excluding carboxylic acids is 1. The molecule has 18 heavy (non-hydrogen) atoms. The van der Waals surface area contributed by atoms with E-state index >= 15 is 0 Å². The van der Waals surface area contributed by atoms with E-state index in [1.807, 2.05) is 0 Å². The van der Waals surface area contributed by atoms with Gasteiger partial charge >= 0.3 is 0 Å². The van der Waals surface area contributed by atoms with Gasteiger partial charge in [0.1, 0.15) is 5.75 Å². The Hall–Kier alpha value is -1.60. The largest absolute Gasteiger partial charge is 0.497 e. The SMILES string of the molecule is COc1cccc(S(=O)(=O)N[C@H]2CNC(=O)C2)c1. The molecular formula is C11H14N2O4S. The minimum atomic E-state index is -3.62. The Kier molecular flexibility index (Phi) is 3.53. The Morgan fingerprint density at radius 2 is 2.22 bits per heavy atom. The van der Waals surface area contributed by atoms with Crippen LogP contribution >= 0.6 is 0 Å². The van der Waals surface area contributed by atoms with Gasteiger partial charge in [-0.25, -0.2) is 13.1 Å². The van der Waals surface area contributed by atoms with Gasteiger partial charge in [0, 0.05) is 25.1 Å². The summed E-state index contributed by atoms with van der Waals surface area (Å²) in [6, 6.07) is 5.79. The maximum Gasteiger partial charge on any atom is 0.241 e. The molecule has 1 heterocycles. The van der Waals surface area contributed by atoms with Crippen LogP contribution in [0.1, 0.15) is 6.42 Å². The van der Waals surface area contributed by atoms with E-state index in [0.29, 0.717) is 12.3 Å². The Morgan fingerprint density at radius 3 is 2.83 bits per heavy atom. The maximum absolute atomic E-state index is 12.1. The Labute approximate surface area is 105 Å². The van der Waals surface area contributed by atoms with Crippen LogP contribution in [-0.4, -0.2) is 34.0 Å². The van der Waals surface area contributed by atoms with Crippen molar-refractivity contribution in [2.24, 2.45) is 0 Å². The second-order valence-corrected chi connectivity index (χ2v) is 5.72. The highest BCUT2D eigenvalue weighted by Gasteiger charge is 2.26. The zero-order chi connectivity index (χ0) is 13.2. The highest BCUT2D eigenvalue weighted by molar-refractivity contribution is 7.89. The van der Waals surface area contributed by atoms with Crippen molar-refractivity contribution in [3.8, 4) is 5.75 Å². The predicted octanol–water partition coefficient (Wildman–Crippen LogP) is -0.138. The normalized spacial score (nSPS) is 19.6. The summed E-state index contributed by atoms with van der Waals surface area (Å²) in [4.78, 5) is 11.1. The number of methoxy groups -OCH3 is 1. The third-order valence-electron chi connectivity index (χ3n) is 2.65. The summed E-state index contributed by atoms with van der Waals surface area (Å²) in [5, 5.41) is 2.58. The van der Waals surface area contributed by atoms with E-state index in [9.17, 15) is 13.2 Å². The monoisotopic (exact) mass is 270 g/mol. The summed E-state index contributed by atoms with van der Waals surface area (Å²) in [6.07, 6.45) is 0.170. The fourth-order valence-electron chi connectivity index (χ4n) is 1.74. The van der Waals surface area contributed by atoms with Gasteiger partial charge in [-0.05, 0) is 12.1 Å². The molecule has 7 heteroatoms. The summed E-state index contributed by atoms with van der Waals surface area (Å²) in [5.74, 6) is 0.326. The number of sulfonamides is 1. The van der Waals surface area contributed by atoms with E-state index in [-0.39, 0.29) is 17.2 Å². The fraction of sp³-hybridized carbons (Fsp3) is 0.364. The van der Waals surface area contributed by atoms with Crippen molar-refractivity contribution >= 4 is 15.9 Å². The summed E-state index contributed by atoms with van der Waals surface area (Å²) in [6.45, 7) is 0.321. The van der Waals surface area contributed by atoms with Crippen molar-refractivity contribution in [1.82, 2.24) is 10.0 Å². The predicted molar refractivity (Wildman–Crippen MR) is 64.7 cm³/mol. The average Bonchev–Trinajstić information content (AvgIpc) is 2.74. The number of amides is 1. The molecule has 1 fully saturated rings. The van der Waals surface area contributed by atoms with E-state index in [1.165, 1.54) is 19.2 Å². The van der Waals surface area contributed by atoms with Gasteiger partial charge in [-0.3, -0.25) is 4.79 Å². The van der Waals surface area contributed by atoms with E-state index in [2.05, 4.69) is 10.0 Å². The first-order chi connectivity index (χ1) is 8.51. The maximum atomic E-state index is 12.1. The van der Waals surface area contributed by atoms with Crippen molar-refractivity contribution in [3.63, 3.8) is 0 Å². The minimum Gasteiger partial charge on any atom is -0.497 e. The highest BCUT2D eigenvalue weighted by Crippen LogP contribution is 2.17. The number of carbonyl (C=O) groups is 1. The molecule has 2 rings (SSSR count). The van der Waals surface area contributed by atoms with Crippen LogP contribution in [0.3, 0.4) is 0 Å². The summed E-state index contributed by atoms with van der Waals surface area (Å²) in [7, 11) is -2.15. The molecule has 0 spiro atoms. The summed E-state index contributed by atoms with van der Waals surface area (Å²) in [5.41, 5.74) is 0. The molecule has 1 amide bonds. The molecule has 0 unspecified atom stereocenters. The van der Waals surface area contributed by atoms with Crippen molar-refractivity contribution < 1.29 is 17.9 Å². The molecule has 1 saturated heterocycles. The van der Waals surface area contributed by atoms with Gasteiger partial charge < -0.3 is 10.1 Å². The second kappa shape index (κ2) is 4.95. The van der Waals surface area contributed by atoms with Crippen molar-refractivity contribution in [1.29, 1.82) is 0 Å². The molecule has 98 valence electrons. The number of hydrogen-bond acceptors (Lipinski definition) is 4. The first-order valence-electron chi connectivity index (χ1n) is 5.44. The van der Waals surface area contributed by atoms with Crippen LogP contribution in [0, 0.1) is 0 Å². The molecular weight excluding hydrogens is 256 g/mol. The summed E-state index contributed by atoms with van der Waals surface area (Å²) < 4.78 is 31.6. The molecule has 1 aliphatic heterocycles. The average molecular weight is 270 g/mol. The Bertz CT molecular complexity index is 556. The smallest absolute Gasteiger partial charge is 0.241 e. The van der Waals surface area contributed by atoms with Gasteiger partial charge in [0.15, 0.2) is 0 Å². The van der Waals surface area contributed by atoms with E-state index in [0.717, 1.165) is 0 Å². The first-order valence-corrected chi connectivity index (χ1v) is 6.92. The van der Waals surface area contributed by atoms with Crippen molar-refractivity contribution in [3.05, 3.63) is 24.3 Å². The molecule has 0 bridgehead atoms. The van der Waals surface area contributed by atoms with Crippen LogP contribution < -0.4 is 14.8 Å². The molecule has 1 atom stereocenters. The third kappa shape index (κ3) is 2.80. The van der Waals surface area contributed by atoms with Gasteiger partial charge in [0.05, 0.1) is 12.0 Å². The molecule has 1 aromatic carbocycles. The molecule has 0 radical (unpaired) electrons. The lowest BCUT2D eigenvalue weighted by Gasteiger charge is -2.11. The second-order valence-electron chi connectivity index (χ2n) is 4.01. The lowest BCUT2D eigenvalue weighted by molar-refractivity contribution is -0.119. The minimum absolute atomic E-state index is 0.126. The van der Waals surface area contributed by atoms with E-state index in [1.54, 1.807) is 12.1 Å². The van der Waals surface area contributed by atoms with Crippen LogP contribution in [0.15, 0.2) is 29.2 Å². The van der Waals surface area contributed by atoms with Gasteiger partial charge in [0.2, 0.25) is 15.9 Å². The third-order valence-corrected chi connectivity index (χ3v) is 4.17. The molecule has 0 aliphatic carbocycles. The number of benzene rings is 1. The number of rotatable bonds is 4. The molecule has 1 aliphatic rings. The van der Waals surface area contributed by atoms with Crippen LogP contribution in [0.4, 0.5) is 0 Å². The van der Waals surface area contributed by atoms with Crippen molar-refractivity contribution in [2.45, 2.75) is 17.4 Å². The van der Waals surface area contributed by atoms with E-state index in [4.69, 9.17) is 4.74 Å². The zero-order valence-electron chi connectivity index (χ0n) is 9.84. The van der Waals surface area contributed by atoms with Crippen LogP contribution in [-0.2, 0) is 14.8 Å². The standard InChI is InChI=1S/C11H14N2O4S/c1-17-9-3-2-4-10(6-9)18(15,16)13-8-5-11(14)12-7-8/h2-4,6,8,13H,5,7H2,1H3,(H,12,14)/t8-/m1/s1. The van der Waals surface area contributed by atoms with Gasteiger partial charge in [-0.2, -0.15) is 0 Å². The lowest BCUT2D eigenvalue weighted by Crippen LogP contribution is -2.36. The first kappa shape index (κ1) is 12.8. The van der Waals surface area contributed by atoms with Gasteiger partial charge in [-0.15, -0.1) is 0 Å². The zero-order valence-corrected chi connectivity index (χ0v) is 10.7. The highest BCUT2D eigenvalue weighted by atomic mass is 32.2. The molecule has 0 saturated carbocycles. The van der Waals surface area contributed by atoms with Gasteiger partial charge in [-0.1, -0.05) is 6.07 Å². The molecule has 1 aromatic rings. The number of ether oxygens (including phenoxy) is 1. The number of nitrogens with one attached hydrogen (secondary N) is 2. The van der Waals surface area contributed by atoms with Crippen LogP contribution in [0.2, 0.25) is 0 Å². The fourth-order valence-corrected chi connectivity index (χ4v) is 3.01. The van der Waals surface area contributed by atoms with Gasteiger partial charge in [0.25, 0.3) is 0 Å². The Morgan fingerprint density at radius 1 is 1.44 bits per heavy atom. The van der Waals surface area contributed by atoms with Crippen LogP contribution in [0.5, 0.6) is 5.75 Å².